The fourth-order valence-electron chi connectivity index (χ4n) is 6.26. The van der Waals surface area contributed by atoms with Crippen LogP contribution in [0.3, 0.4) is 0 Å². The Morgan fingerprint density at radius 3 is 1.66 bits per heavy atom. The molecule has 1 aliphatic heterocycles. The van der Waals surface area contributed by atoms with Crippen molar-refractivity contribution in [2.45, 2.75) is 6.92 Å². The summed E-state index contributed by atoms with van der Waals surface area (Å²) in [7, 11) is 0. The van der Waals surface area contributed by atoms with E-state index in [1.54, 1.807) is 0 Å². The maximum absolute atomic E-state index is 13.4. The third-order valence-electron chi connectivity index (χ3n) is 8.32. The van der Waals surface area contributed by atoms with Gasteiger partial charge in [0.1, 0.15) is 11.5 Å². The highest BCUT2D eigenvalue weighted by atomic mass is 16.5. The number of nitrogens with zero attached hydrogens (tertiary/aromatic N) is 2. The van der Waals surface area contributed by atoms with Crippen molar-refractivity contribution in [3.8, 4) is 39.4 Å². The molecular weight excluding hydrogens is 540 g/mol. The van der Waals surface area contributed by atoms with Gasteiger partial charge >= 0.3 is 0 Å². The molecule has 0 atom stereocenters. The lowest BCUT2D eigenvalue weighted by atomic mass is 9.96. The van der Waals surface area contributed by atoms with Gasteiger partial charge in [0.25, 0.3) is 0 Å². The summed E-state index contributed by atoms with van der Waals surface area (Å²) in [5.41, 5.74) is 9.65. The Kier molecular flexibility index (Phi) is 6.13. The molecule has 1 aliphatic rings. The number of benzene rings is 6. The molecule has 0 aliphatic carbocycles. The highest BCUT2D eigenvalue weighted by Gasteiger charge is 2.25. The summed E-state index contributed by atoms with van der Waals surface area (Å²) in [5, 5.41) is 0.685. The van der Waals surface area contributed by atoms with Gasteiger partial charge in [0.05, 0.1) is 16.9 Å². The second-order valence-corrected chi connectivity index (χ2v) is 11.0. The summed E-state index contributed by atoms with van der Waals surface area (Å²) >= 11 is 0. The molecule has 4 heteroatoms. The Balaban J connectivity index is 1.48. The molecule has 44 heavy (non-hydrogen) atoms. The van der Waals surface area contributed by atoms with Crippen molar-refractivity contribution >= 4 is 28.0 Å². The molecule has 0 N–H and O–H groups in total. The van der Waals surface area contributed by atoms with Crippen LogP contribution in [0.1, 0.15) is 5.56 Å². The maximum atomic E-state index is 13.4. The lowest BCUT2D eigenvalue weighted by molar-refractivity contribution is 0.486. The summed E-state index contributed by atoms with van der Waals surface area (Å²) in [6.07, 6.45) is 1.94. The van der Waals surface area contributed by atoms with E-state index in [2.05, 4.69) is 94.4 Å². The summed E-state index contributed by atoms with van der Waals surface area (Å²) in [5.74, 6) is 1.58. The highest BCUT2D eigenvalue weighted by Crippen LogP contribution is 2.50. The van der Waals surface area contributed by atoms with Gasteiger partial charge in [-0.2, -0.15) is 0 Å². The quantitative estimate of drug-likeness (QED) is 0.208. The van der Waals surface area contributed by atoms with Crippen LogP contribution >= 0.6 is 0 Å². The third-order valence-corrected chi connectivity index (χ3v) is 8.32. The molecule has 1 aromatic heterocycles. The second kappa shape index (κ2) is 10.4. The minimum absolute atomic E-state index is 0.0421. The molecule has 6 aromatic carbocycles. The molecule has 2 heterocycles. The van der Waals surface area contributed by atoms with E-state index in [-0.39, 0.29) is 5.43 Å². The number of fused-ring (bicyclic) bond motifs is 7. The molecule has 8 rings (SSSR count). The Bertz CT molecular complexity index is 2160. The fraction of sp³-hybridized carbons (Fsp3) is 0.0250. The van der Waals surface area contributed by atoms with Gasteiger partial charge in [0.15, 0.2) is 5.43 Å². The maximum Gasteiger partial charge on any atom is 0.192 e. The summed E-state index contributed by atoms with van der Waals surface area (Å²) in [6, 6.07) is 49.6. The first kappa shape index (κ1) is 25.8. The van der Waals surface area contributed by atoms with Gasteiger partial charge in [0, 0.05) is 50.8 Å². The zero-order chi connectivity index (χ0) is 29.6. The van der Waals surface area contributed by atoms with Gasteiger partial charge < -0.3 is 14.2 Å². The van der Waals surface area contributed by atoms with E-state index >= 15 is 0 Å². The first-order valence-corrected chi connectivity index (χ1v) is 14.7. The summed E-state index contributed by atoms with van der Waals surface area (Å²) in [6.45, 7) is 1.88. The SMILES string of the molecule is Cc1cn(-c2ccccc2)c2cc(N3c4ccccc4-c4ccccc4Oc4ccccc4-c4ccccc43)ccc2c1=O. The topological polar surface area (TPSA) is 34.5 Å². The van der Waals surface area contributed by atoms with Gasteiger partial charge in [-0.15, -0.1) is 0 Å². The van der Waals surface area contributed by atoms with Crippen LogP contribution in [0.25, 0.3) is 38.8 Å². The summed E-state index contributed by atoms with van der Waals surface area (Å²) < 4.78 is 8.78. The normalized spacial score (nSPS) is 12.0. The number of pyridine rings is 1. The Morgan fingerprint density at radius 2 is 1.05 bits per heavy atom. The molecule has 0 bridgehead atoms. The second-order valence-electron chi connectivity index (χ2n) is 11.0. The van der Waals surface area contributed by atoms with Gasteiger partial charge in [0.2, 0.25) is 0 Å². The first-order chi connectivity index (χ1) is 21.7. The average Bonchev–Trinajstić information content (AvgIpc) is 3.08. The number of para-hydroxylation sites is 5. The van der Waals surface area contributed by atoms with E-state index in [0.717, 1.165) is 62.0 Å². The number of hydrogen-bond donors (Lipinski definition) is 0. The Morgan fingerprint density at radius 1 is 0.523 bits per heavy atom. The van der Waals surface area contributed by atoms with Gasteiger partial charge in [-0.3, -0.25) is 4.79 Å². The van der Waals surface area contributed by atoms with Crippen molar-refractivity contribution in [1.82, 2.24) is 4.57 Å². The fourth-order valence-corrected chi connectivity index (χ4v) is 6.26. The van der Waals surface area contributed by atoms with E-state index in [4.69, 9.17) is 4.74 Å². The molecule has 0 fully saturated rings. The molecule has 7 aromatic rings. The molecule has 0 saturated carbocycles. The summed E-state index contributed by atoms with van der Waals surface area (Å²) in [4.78, 5) is 15.7. The van der Waals surface area contributed by atoms with Crippen LogP contribution in [0.4, 0.5) is 17.1 Å². The largest absolute Gasteiger partial charge is 0.456 e. The lowest BCUT2D eigenvalue weighted by Crippen LogP contribution is -2.15. The number of aromatic nitrogens is 1. The van der Waals surface area contributed by atoms with Crippen LogP contribution in [-0.2, 0) is 0 Å². The molecular formula is C40H28N2O2. The number of ether oxygens (including phenoxy) is 1. The van der Waals surface area contributed by atoms with Crippen LogP contribution in [0.15, 0.2) is 157 Å². The average molecular weight is 569 g/mol. The molecule has 210 valence electrons. The minimum atomic E-state index is 0.0421. The highest BCUT2D eigenvalue weighted by molar-refractivity contribution is 5.98. The van der Waals surface area contributed by atoms with E-state index < -0.39 is 0 Å². The van der Waals surface area contributed by atoms with Crippen LogP contribution in [0.2, 0.25) is 0 Å². The van der Waals surface area contributed by atoms with Crippen molar-refractivity contribution in [2.75, 3.05) is 4.90 Å². The van der Waals surface area contributed by atoms with Crippen molar-refractivity contribution < 1.29 is 4.74 Å². The minimum Gasteiger partial charge on any atom is -0.456 e. The van der Waals surface area contributed by atoms with Gasteiger partial charge in [-0.25, -0.2) is 0 Å². The van der Waals surface area contributed by atoms with Gasteiger partial charge in [-0.1, -0.05) is 91.0 Å². The van der Waals surface area contributed by atoms with Gasteiger partial charge in [-0.05, 0) is 61.5 Å². The van der Waals surface area contributed by atoms with Crippen molar-refractivity contribution in [1.29, 1.82) is 0 Å². The number of aryl methyl sites for hydroxylation is 1. The molecule has 0 unspecified atom stereocenters. The monoisotopic (exact) mass is 568 g/mol. The molecule has 4 nitrogen and oxygen atoms in total. The Labute approximate surface area is 255 Å². The van der Waals surface area contributed by atoms with E-state index in [0.29, 0.717) is 10.9 Å². The molecule has 0 spiro atoms. The third kappa shape index (κ3) is 4.19. The van der Waals surface area contributed by atoms with Crippen molar-refractivity contribution in [2.24, 2.45) is 0 Å². The number of hydrogen-bond acceptors (Lipinski definition) is 3. The smallest absolute Gasteiger partial charge is 0.192 e. The van der Waals surface area contributed by atoms with E-state index in [1.165, 1.54) is 0 Å². The van der Waals surface area contributed by atoms with Crippen LogP contribution < -0.4 is 15.1 Å². The van der Waals surface area contributed by atoms with Crippen LogP contribution in [0, 0.1) is 6.92 Å². The lowest BCUT2D eigenvalue weighted by Gasteiger charge is -2.31. The molecule has 0 radical (unpaired) electrons. The number of anilines is 3. The van der Waals surface area contributed by atoms with Crippen molar-refractivity contribution in [3.05, 3.63) is 168 Å². The van der Waals surface area contributed by atoms with E-state index in [9.17, 15) is 4.79 Å². The first-order valence-electron chi connectivity index (χ1n) is 14.7. The standard InChI is InChI=1S/C40H28N2O2/c1-27-26-41(28-13-3-2-4-14-28)37-25-29(23-24-34(37)40(27)43)42-35-19-9-5-15-30(35)32-17-7-11-21-38(32)44-39-22-12-8-18-33(39)31-16-6-10-20-36(31)42/h2-26H,1H3. The van der Waals surface area contributed by atoms with Crippen molar-refractivity contribution in [3.63, 3.8) is 0 Å². The predicted molar refractivity (Wildman–Crippen MR) is 180 cm³/mol. The zero-order valence-electron chi connectivity index (χ0n) is 24.1. The number of rotatable bonds is 2. The molecule has 0 amide bonds. The molecule has 0 saturated heterocycles. The predicted octanol–water partition coefficient (Wildman–Crippen LogP) is 10.2. The van der Waals surface area contributed by atoms with Crippen LogP contribution in [0.5, 0.6) is 11.5 Å². The zero-order valence-corrected chi connectivity index (χ0v) is 24.1. The Hall–Kier alpha value is -5.87. The van der Waals surface area contributed by atoms with Crippen LogP contribution in [-0.4, -0.2) is 4.57 Å². The van der Waals surface area contributed by atoms with E-state index in [1.807, 2.05) is 73.8 Å².